The quantitative estimate of drug-likeness (QED) is 0.724. The van der Waals surface area contributed by atoms with Crippen molar-refractivity contribution in [2.24, 2.45) is 0 Å². The molecule has 0 aromatic heterocycles. The Kier molecular flexibility index (Phi) is 7.51. The van der Waals surface area contributed by atoms with Gasteiger partial charge in [-0.05, 0) is 47.0 Å². The van der Waals surface area contributed by atoms with Gasteiger partial charge >= 0.3 is 0 Å². The minimum atomic E-state index is -0.0655. The first kappa shape index (κ1) is 20.3. The van der Waals surface area contributed by atoms with Crippen LogP contribution in [0.15, 0.2) is 18.2 Å². The van der Waals surface area contributed by atoms with Crippen LogP contribution in [0.2, 0.25) is 0 Å². The Hall–Kier alpha value is -1.79. The summed E-state index contributed by atoms with van der Waals surface area (Å²) in [4.78, 5) is 14.5. The van der Waals surface area contributed by atoms with Crippen LogP contribution in [0.25, 0.3) is 0 Å². The van der Waals surface area contributed by atoms with Crippen LogP contribution in [0.4, 0.5) is 5.69 Å². The summed E-state index contributed by atoms with van der Waals surface area (Å²) in [6.07, 6.45) is 0.379. The molecule has 6 heteroatoms. The van der Waals surface area contributed by atoms with Crippen LogP contribution in [-0.4, -0.2) is 57.2 Å². The van der Waals surface area contributed by atoms with Gasteiger partial charge in [-0.3, -0.25) is 4.79 Å². The number of ether oxygens (including phenoxy) is 2. The van der Waals surface area contributed by atoms with Crippen molar-refractivity contribution in [3.63, 3.8) is 0 Å². The van der Waals surface area contributed by atoms with Crippen LogP contribution in [-0.2, 0) is 4.79 Å². The maximum Gasteiger partial charge on any atom is 0.226 e. The normalized spacial score (nSPS) is 12.8. The number of amides is 1. The fourth-order valence-electron chi connectivity index (χ4n) is 2.05. The van der Waals surface area contributed by atoms with Gasteiger partial charge in [-0.15, -0.1) is 0 Å². The van der Waals surface area contributed by atoms with Crippen LogP contribution in [0, 0.1) is 0 Å². The Bertz CT molecular complexity index is 544. The summed E-state index contributed by atoms with van der Waals surface area (Å²) >= 11 is 0. The summed E-state index contributed by atoms with van der Waals surface area (Å²) < 4.78 is 10.5. The molecule has 0 heterocycles. The molecule has 1 amide bonds. The van der Waals surface area contributed by atoms with Gasteiger partial charge in [-0.1, -0.05) is 0 Å². The monoisotopic (exact) mass is 337 g/mol. The minimum absolute atomic E-state index is 0.0285. The molecule has 0 fully saturated rings. The van der Waals surface area contributed by atoms with Gasteiger partial charge < -0.3 is 25.0 Å². The zero-order valence-corrected chi connectivity index (χ0v) is 15.9. The zero-order chi connectivity index (χ0) is 18.3. The molecular formula is C18H31N3O3. The molecule has 1 atom stereocenters. The lowest BCUT2D eigenvalue weighted by Gasteiger charge is -2.34. The van der Waals surface area contributed by atoms with Crippen molar-refractivity contribution in [1.82, 2.24) is 10.2 Å². The van der Waals surface area contributed by atoms with Crippen LogP contribution in [0.3, 0.4) is 0 Å². The predicted molar refractivity (Wildman–Crippen MR) is 98.0 cm³/mol. The number of hydrogen-bond donors (Lipinski definition) is 2. The summed E-state index contributed by atoms with van der Waals surface area (Å²) in [5.74, 6) is 1.22. The Labute approximate surface area is 145 Å². The number of benzene rings is 1. The number of rotatable bonds is 9. The standard InChI is InChI=1S/C18H31N3O3/c1-13(19-12-18(2,3)21(4)5)10-17(22)20-15-11-14(23-6)8-9-16(15)24-7/h8-9,11,13,19H,10,12H2,1-7H3,(H,20,22). The van der Waals surface area contributed by atoms with Gasteiger partial charge in [0.15, 0.2) is 0 Å². The maximum atomic E-state index is 12.3. The number of anilines is 1. The van der Waals surface area contributed by atoms with E-state index in [1.165, 1.54) is 0 Å². The largest absolute Gasteiger partial charge is 0.497 e. The second kappa shape index (κ2) is 8.89. The lowest BCUT2D eigenvalue weighted by molar-refractivity contribution is -0.116. The van der Waals surface area contributed by atoms with Gasteiger partial charge in [-0.25, -0.2) is 0 Å². The Morgan fingerprint density at radius 2 is 1.92 bits per heavy atom. The van der Waals surface area contributed by atoms with E-state index in [0.717, 1.165) is 6.54 Å². The van der Waals surface area contributed by atoms with Crippen molar-refractivity contribution in [2.75, 3.05) is 40.2 Å². The predicted octanol–water partition coefficient (Wildman–Crippen LogP) is 2.35. The Morgan fingerprint density at radius 1 is 1.25 bits per heavy atom. The third-order valence-electron chi connectivity index (χ3n) is 4.27. The molecule has 0 saturated carbocycles. The fraction of sp³-hybridized carbons (Fsp3) is 0.611. The lowest BCUT2D eigenvalue weighted by Crippen LogP contribution is -2.49. The second-order valence-electron chi connectivity index (χ2n) is 6.81. The first-order valence-electron chi connectivity index (χ1n) is 8.12. The van der Waals surface area contributed by atoms with Crippen molar-refractivity contribution in [3.8, 4) is 11.5 Å². The molecule has 1 aromatic rings. The summed E-state index contributed by atoms with van der Waals surface area (Å²) in [6, 6.07) is 5.39. The Balaban J connectivity index is 2.60. The fourth-order valence-corrected chi connectivity index (χ4v) is 2.05. The van der Waals surface area contributed by atoms with Crippen LogP contribution >= 0.6 is 0 Å². The van der Waals surface area contributed by atoms with E-state index in [0.29, 0.717) is 23.6 Å². The number of nitrogens with zero attached hydrogens (tertiary/aromatic N) is 1. The van der Waals surface area contributed by atoms with E-state index in [1.54, 1.807) is 32.4 Å². The average molecular weight is 337 g/mol. The van der Waals surface area contributed by atoms with Crippen molar-refractivity contribution in [3.05, 3.63) is 18.2 Å². The summed E-state index contributed by atoms with van der Waals surface area (Å²) in [6.45, 7) is 7.13. The number of hydrogen-bond acceptors (Lipinski definition) is 5. The highest BCUT2D eigenvalue weighted by atomic mass is 16.5. The van der Waals surface area contributed by atoms with Crippen molar-refractivity contribution in [2.45, 2.75) is 38.8 Å². The summed E-state index contributed by atoms with van der Waals surface area (Å²) in [7, 11) is 7.26. The van der Waals surface area contributed by atoms with Crippen molar-refractivity contribution < 1.29 is 14.3 Å². The van der Waals surface area contributed by atoms with E-state index in [-0.39, 0.29) is 17.5 Å². The number of likely N-dealkylation sites (N-methyl/N-ethyl adjacent to an activating group) is 1. The molecule has 136 valence electrons. The van der Waals surface area contributed by atoms with Crippen LogP contribution in [0.1, 0.15) is 27.2 Å². The topological polar surface area (TPSA) is 62.8 Å². The molecule has 0 aliphatic carbocycles. The lowest BCUT2D eigenvalue weighted by atomic mass is 10.0. The number of carbonyl (C=O) groups is 1. The molecule has 1 rings (SSSR count). The molecule has 0 spiro atoms. The average Bonchev–Trinajstić information content (AvgIpc) is 2.52. The summed E-state index contributed by atoms with van der Waals surface area (Å²) in [5, 5.41) is 6.31. The SMILES string of the molecule is COc1ccc(OC)c(NC(=O)CC(C)NCC(C)(C)N(C)C)c1. The van der Waals surface area contributed by atoms with Gasteiger partial charge in [0, 0.05) is 30.6 Å². The number of methoxy groups -OCH3 is 2. The van der Waals surface area contributed by atoms with Gasteiger partial charge in [0.05, 0.1) is 19.9 Å². The van der Waals surface area contributed by atoms with E-state index in [1.807, 2.05) is 21.0 Å². The van der Waals surface area contributed by atoms with Gasteiger partial charge in [0.2, 0.25) is 5.91 Å². The zero-order valence-electron chi connectivity index (χ0n) is 15.9. The highest BCUT2D eigenvalue weighted by molar-refractivity contribution is 5.92. The Morgan fingerprint density at radius 3 is 2.46 bits per heavy atom. The minimum Gasteiger partial charge on any atom is -0.497 e. The highest BCUT2D eigenvalue weighted by Crippen LogP contribution is 2.29. The van der Waals surface area contributed by atoms with Crippen LogP contribution in [0.5, 0.6) is 11.5 Å². The number of nitrogens with one attached hydrogen (secondary N) is 2. The molecule has 0 aliphatic heterocycles. The third-order valence-corrected chi connectivity index (χ3v) is 4.27. The third kappa shape index (κ3) is 6.02. The van der Waals surface area contributed by atoms with E-state index < -0.39 is 0 Å². The molecule has 0 bridgehead atoms. The van der Waals surface area contributed by atoms with Crippen molar-refractivity contribution >= 4 is 11.6 Å². The first-order valence-corrected chi connectivity index (χ1v) is 8.12. The van der Waals surface area contributed by atoms with Gasteiger partial charge in [0.25, 0.3) is 0 Å². The van der Waals surface area contributed by atoms with E-state index in [9.17, 15) is 4.79 Å². The van der Waals surface area contributed by atoms with Gasteiger partial charge in [0.1, 0.15) is 11.5 Å². The van der Waals surface area contributed by atoms with E-state index >= 15 is 0 Å². The van der Waals surface area contributed by atoms with Gasteiger partial charge in [-0.2, -0.15) is 0 Å². The molecule has 1 aromatic carbocycles. The van der Waals surface area contributed by atoms with E-state index in [4.69, 9.17) is 9.47 Å². The number of carbonyl (C=O) groups excluding carboxylic acids is 1. The molecule has 2 N–H and O–H groups in total. The first-order chi connectivity index (χ1) is 11.2. The molecule has 0 saturated heterocycles. The summed E-state index contributed by atoms with van der Waals surface area (Å²) in [5.41, 5.74) is 0.642. The molecule has 1 unspecified atom stereocenters. The van der Waals surface area contributed by atoms with Crippen molar-refractivity contribution in [1.29, 1.82) is 0 Å². The smallest absolute Gasteiger partial charge is 0.226 e. The molecule has 6 nitrogen and oxygen atoms in total. The van der Waals surface area contributed by atoms with E-state index in [2.05, 4.69) is 29.4 Å². The molecule has 0 radical (unpaired) electrons. The second-order valence-corrected chi connectivity index (χ2v) is 6.81. The molecule has 24 heavy (non-hydrogen) atoms. The maximum absolute atomic E-state index is 12.3. The highest BCUT2D eigenvalue weighted by Gasteiger charge is 2.21. The molecule has 0 aliphatic rings. The molecular weight excluding hydrogens is 306 g/mol. The van der Waals surface area contributed by atoms with Crippen LogP contribution < -0.4 is 20.1 Å².